The van der Waals surface area contributed by atoms with Crippen LogP contribution < -0.4 is 10.1 Å². The van der Waals surface area contributed by atoms with Gasteiger partial charge in [-0.05, 0) is 68.8 Å². The van der Waals surface area contributed by atoms with Crippen molar-refractivity contribution in [3.63, 3.8) is 0 Å². The fourth-order valence-corrected chi connectivity index (χ4v) is 6.24. The molecule has 1 fully saturated rings. The Morgan fingerprint density at radius 2 is 1.86 bits per heavy atom. The summed E-state index contributed by atoms with van der Waals surface area (Å²) in [5.41, 5.74) is 1.68. The Balaban J connectivity index is 1.46. The van der Waals surface area contributed by atoms with Crippen LogP contribution in [0.2, 0.25) is 0 Å². The first-order valence-corrected chi connectivity index (χ1v) is 13.7. The normalized spacial score (nSPS) is 21.3. The lowest BCUT2D eigenvalue weighted by molar-refractivity contribution is -0.134. The molecule has 7 heteroatoms. The van der Waals surface area contributed by atoms with Gasteiger partial charge in [0.25, 0.3) is 5.91 Å². The van der Waals surface area contributed by atoms with Crippen molar-refractivity contribution in [2.45, 2.75) is 90.1 Å². The number of nitrogens with zero attached hydrogens (tertiary/aromatic N) is 2. The molecule has 1 aromatic carbocycles. The molecule has 2 amide bonds. The second kappa shape index (κ2) is 9.69. The Morgan fingerprint density at radius 3 is 2.54 bits per heavy atom. The van der Waals surface area contributed by atoms with Crippen LogP contribution in [0.3, 0.4) is 0 Å². The van der Waals surface area contributed by atoms with Gasteiger partial charge in [0.05, 0.1) is 22.9 Å². The zero-order valence-electron chi connectivity index (χ0n) is 20.9. The molecule has 6 nitrogen and oxygen atoms in total. The van der Waals surface area contributed by atoms with Crippen LogP contribution in [0.5, 0.6) is 5.75 Å². The van der Waals surface area contributed by atoms with Crippen LogP contribution in [0, 0.1) is 0 Å². The van der Waals surface area contributed by atoms with Gasteiger partial charge in [-0.2, -0.15) is 0 Å². The predicted molar refractivity (Wildman–Crippen MR) is 140 cm³/mol. The number of benzene rings is 1. The third kappa shape index (κ3) is 4.70. The fraction of sp³-hybridized carbons (Fsp3) is 0.500. The molecule has 0 saturated heterocycles. The summed E-state index contributed by atoms with van der Waals surface area (Å²) in [6.45, 7) is 6.74. The number of aromatic nitrogens is 1. The third-order valence-electron chi connectivity index (χ3n) is 7.36. The maximum atomic E-state index is 13.9. The number of amides is 2. The highest BCUT2D eigenvalue weighted by Crippen LogP contribution is 2.35. The van der Waals surface area contributed by atoms with Gasteiger partial charge >= 0.3 is 0 Å². The van der Waals surface area contributed by atoms with E-state index in [1.165, 1.54) is 12.8 Å². The number of ether oxygens (including phenoxy) is 1. The van der Waals surface area contributed by atoms with Crippen LogP contribution in [0.4, 0.5) is 0 Å². The number of hydrogen-bond donors (Lipinski definition) is 1. The average molecular weight is 494 g/mol. The summed E-state index contributed by atoms with van der Waals surface area (Å²) in [6, 6.07) is 12.0. The van der Waals surface area contributed by atoms with Gasteiger partial charge in [-0.3, -0.25) is 9.59 Å². The van der Waals surface area contributed by atoms with Crippen LogP contribution in [0.25, 0.3) is 10.2 Å². The van der Waals surface area contributed by atoms with Crippen molar-refractivity contribution in [2.24, 2.45) is 0 Å². The van der Waals surface area contributed by atoms with E-state index in [0.717, 1.165) is 47.2 Å². The van der Waals surface area contributed by atoms with Crippen LogP contribution in [-0.2, 0) is 17.9 Å². The average Bonchev–Trinajstić information content (AvgIpc) is 3.32. The first-order valence-electron chi connectivity index (χ1n) is 12.8. The molecule has 186 valence electrons. The molecular formula is C28H35N3O3S. The van der Waals surface area contributed by atoms with E-state index in [4.69, 9.17) is 4.74 Å². The van der Waals surface area contributed by atoms with Gasteiger partial charge < -0.3 is 19.5 Å². The van der Waals surface area contributed by atoms with Crippen molar-refractivity contribution in [3.05, 3.63) is 53.0 Å². The third-order valence-corrected chi connectivity index (χ3v) is 8.22. The molecule has 5 rings (SSSR count). The molecule has 1 aliphatic heterocycles. The maximum Gasteiger partial charge on any atom is 0.271 e. The summed E-state index contributed by atoms with van der Waals surface area (Å²) >= 11 is 1.63. The van der Waals surface area contributed by atoms with Crippen molar-refractivity contribution < 1.29 is 14.3 Å². The number of carbonyl (C=O) groups excluding carboxylic acids is 2. The molecular weight excluding hydrogens is 458 g/mol. The van der Waals surface area contributed by atoms with E-state index in [9.17, 15) is 9.59 Å². The van der Waals surface area contributed by atoms with E-state index in [0.29, 0.717) is 18.8 Å². The number of nitrogens with one attached hydrogen (secondary N) is 1. The number of rotatable bonds is 6. The lowest BCUT2D eigenvalue weighted by atomic mass is 9.93. The zero-order valence-corrected chi connectivity index (χ0v) is 21.7. The second-order valence-electron chi connectivity index (χ2n) is 10.4. The smallest absolute Gasteiger partial charge is 0.271 e. The van der Waals surface area contributed by atoms with Gasteiger partial charge in [0.2, 0.25) is 5.91 Å². The largest absolute Gasteiger partial charge is 0.491 e. The molecule has 1 atom stereocenters. The Labute approximate surface area is 211 Å². The minimum absolute atomic E-state index is 0.0553. The van der Waals surface area contributed by atoms with Crippen molar-refractivity contribution in [3.8, 4) is 5.75 Å². The summed E-state index contributed by atoms with van der Waals surface area (Å²) in [5.74, 6) is 0.651. The molecule has 0 bridgehead atoms. The Morgan fingerprint density at radius 1 is 1.14 bits per heavy atom. The number of carbonyl (C=O) groups is 2. The molecule has 3 aromatic rings. The van der Waals surface area contributed by atoms with Gasteiger partial charge in [-0.1, -0.05) is 37.8 Å². The van der Waals surface area contributed by atoms with Crippen LogP contribution in [-0.4, -0.2) is 39.0 Å². The first-order chi connectivity index (χ1) is 16.8. The van der Waals surface area contributed by atoms with Gasteiger partial charge in [-0.25, -0.2) is 0 Å². The van der Waals surface area contributed by atoms with Crippen LogP contribution >= 0.6 is 11.3 Å². The van der Waals surface area contributed by atoms with Crippen molar-refractivity contribution >= 4 is 33.4 Å². The number of thiophene rings is 1. The summed E-state index contributed by atoms with van der Waals surface area (Å²) in [7, 11) is 0. The summed E-state index contributed by atoms with van der Waals surface area (Å²) in [5, 5.41) is 5.38. The highest BCUT2D eigenvalue weighted by Gasteiger charge is 2.48. The Hall–Kier alpha value is -2.80. The standard InChI is InChI=1S/C28H35N3O3S/c1-19(2)34-22-12-10-20(11-13-22)17-31-26(32)24-16-25-23(14-15-35-25)30(24)18-28(31,3)27(33)29-21-8-6-4-5-7-9-21/h10-16,19,21H,4-9,17-18H2,1-3H3,(H,29,33). The zero-order chi connectivity index (χ0) is 24.6. The second-order valence-corrected chi connectivity index (χ2v) is 11.4. The van der Waals surface area contributed by atoms with Crippen molar-refractivity contribution in [2.75, 3.05) is 0 Å². The van der Waals surface area contributed by atoms with E-state index in [1.807, 2.05) is 67.1 Å². The summed E-state index contributed by atoms with van der Waals surface area (Å²) < 4.78 is 8.90. The molecule has 2 aromatic heterocycles. The molecule has 0 spiro atoms. The van der Waals surface area contributed by atoms with E-state index < -0.39 is 5.54 Å². The van der Waals surface area contributed by atoms with Crippen LogP contribution in [0.1, 0.15) is 75.3 Å². The van der Waals surface area contributed by atoms with Gasteiger partial charge in [0, 0.05) is 12.6 Å². The van der Waals surface area contributed by atoms with Gasteiger partial charge in [0.15, 0.2) is 0 Å². The molecule has 3 heterocycles. The maximum absolute atomic E-state index is 13.9. The van der Waals surface area contributed by atoms with Crippen molar-refractivity contribution in [1.82, 2.24) is 14.8 Å². The van der Waals surface area contributed by atoms with E-state index in [2.05, 4.69) is 5.32 Å². The molecule has 2 aliphatic rings. The lowest BCUT2D eigenvalue weighted by Crippen LogP contribution is -2.64. The van der Waals surface area contributed by atoms with Crippen LogP contribution in [0.15, 0.2) is 41.8 Å². The van der Waals surface area contributed by atoms with E-state index in [-0.39, 0.29) is 24.0 Å². The summed E-state index contributed by atoms with van der Waals surface area (Å²) in [4.78, 5) is 29.5. The Bertz CT molecular complexity index is 1200. The van der Waals surface area contributed by atoms with Gasteiger partial charge in [0.1, 0.15) is 17.0 Å². The highest BCUT2D eigenvalue weighted by atomic mass is 32.1. The van der Waals surface area contributed by atoms with Gasteiger partial charge in [-0.15, -0.1) is 11.3 Å². The molecule has 1 N–H and O–H groups in total. The predicted octanol–water partition coefficient (Wildman–Crippen LogP) is 5.74. The molecule has 0 radical (unpaired) electrons. The number of fused-ring (bicyclic) bond motifs is 3. The Kier molecular flexibility index (Phi) is 6.62. The minimum Gasteiger partial charge on any atom is -0.491 e. The first kappa shape index (κ1) is 23.9. The molecule has 35 heavy (non-hydrogen) atoms. The van der Waals surface area contributed by atoms with E-state index >= 15 is 0 Å². The fourth-order valence-electron chi connectivity index (χ4n) is 5.41. The van der Waals surface area contributed by atoms with E-state index in [1.54, 1.807) is 16.2 Å². The van der Waals surface area contributed by atoms with Crippen molar-refractivity contribution in [1.29, 1.82) is 0 Å². The topological polar surface area (TPSA) is 63.6 Å². The SMILES string of the molecule is CC(C)Oc1ccc(CN2C(=O)c3cc4sccc4n3CC2(C)C(=O)NC2CCCCCC2)cc1. The summed E-state index contributed by atoms with van der Waals surface area (Å²) in [6.07, 6.45) is 6.87. The highest BCUT2D eigenvalue weighted by molar-refractivity contribution is 7.17. The molecule has 1 aliphatic carbocycles. The minimum atomic E-state index is -0.989. The molecule has 1 saturated carbocycles. The quantitative estimate of drug-likeness (QED) is 0.445. The number of hydrogen-bond acceptors (Lipinski definition) is 4. The lowest BCUT2D eigenvalue weighted by Gasteiger charge is -2.44. The molecule has 1 unspecified atom stereocenters. The monoisotopic (exact) mass is 493 g/mol.